The maximum Gasteiger partial charge on any atom is 0.305 e. The molecular weight excluding hydrogens is 240 g/mol. The third kappa shape index (κ3) is 3.55. The molecule has 0 aliphatic carbocycles. The number of carbonyl (C=O) groups excluding carboxylic acids is 1. The van der Waals surface area contributed by atoms with Gasteiger partial charge in [-0.05, 0) is 13.0 Å². The first-order chi connectivity index (χ1) is 8.41. The van der Waals surface area contributed by atoms with Crippen molar-refractivity contribution in [2.24, 2.45) is 0 Å². The van der Waals surface area contributed by atoms with Gasteiger partial charge in [0.25, 0.3) is 11.6 Å². The lowest BCUT2D eigenvalue weighted by Gasteiger charge is -2.11. The number of benzene rings is 1. The van der Waals surface area contributed by atoms with E-state index in [1.807, 2.05) is 0 Å². The summed E-state index contributed by atoms with van der Waals surface area (Å²) in [6.07, 6.45) is -0.244. The van der Waals surface area contributed by atoms with Crippen LogP contribution in [0, 0.1) is 10.1 Å². The Kier molecular flexibility index (Phi) is 4.36. The lowest BCUT2D eigenvalue weighted by Crippen LogP contribution is -2.34. The Hall–Kier alpha value is -2.44. The number of aliphatic carboxylic acids is 1. The zero-order valence-electron chi connectivity index (χ0n) is 9.62. The Morgan fingerprint density at radius 1 is 1.44 bits per heavy atom. The molecule has 0 aliphatic heterocycles. The van der Waals surface area contributed by atoms with Crippen molar-refractivity contribution in [2.75, 3.05) is 0 Å². The number of hydrogen-bond acceptors (Lipinski definition) is 4. The number of carboxylic acid groups (broad SMARTS) is 1. The van der Waals surface area contributed by atoms with Crippen LogP contribution >= 0.6 is 0 Å². The minimum Gasteiger partial charge on any atom is -0.481 e. The van der Waals surface area contributed by atoms with E-state index in [-0.39, 0.29) is 17.7 Å². The van der Waals surface area contributed by atoms with E-state index in [1.54, 1.807) is 0 Å². The van der Waals surface area contributed by atoms with Crippen LogP contribution in [0.25, 0.3) is 0 Å². The molecule has 18 heavy (non-hydrogen) atoms. The third-order valence-corrected chi connectivity index (χ3v) is 2.20. The van der Waals surface area contributed by atoms with Gasteiger partial charge >= 0.3 is 5.97 Å². The van der Waals surface area contributed by atoms with Crippen LogP contribution in [0.1, 0.15) is 23.7 Å². The van der Waals surface area contributed by atoms with E-state index in [1.165, 1.54) is 31.2 Å². The van der Waals surface area contributed by atoms with Gasteiger partial charge in [0.2, 0.25) is 0 Å². The van der Waals surface area contributed by atoms with Crippen molar-refractivity contribution in [3.63, 3.8) is 0 Å². The molecule has 1 aromatic rings. The van der Waals surface area contributed by atoms with Gasteiger partial charge in [0.15, 0.2) is 0 Å². The van der Waals surface area contributed by atoms with Crippen LogP contribution in [0.3, 0.4) is 0 Å². The Bertz CT molecular complexity index is 486. The van der Waals surface area contributed by atoms with Crippen LogP contribution in [0.2, 0.25) is 0 Å². The second-order valence-corrected chi connectivity index (χ2v) is 3.75. The summed E-state index contributed by atoms with van der Waals surface area (Å²) in [6, 6.07) is 4.90. The molecule has 0 radical (unpaired) electrons. The van der Waals surface area contributed by atoms with Gasteiger partial charge in [-0.1, -0.05) is 12.1 Å². The zero-order valence-corrected chi connectivity index (χ0v) is 9.62. The number of nitrogens with zero attached hydrogens (tertiary/aromatic N) is 1. The molecule has 1 atom stereocenters. The molecule has 2 N–H and O–H groups in total. The Morgan fingerprint density at radius 2 is 2.06 bits per heavy atom. The average Bonchev–Trinajstić information content (AvgIpc) is 2.27. The van der Waals surface area contributed by atoms with Gasteiger partial charge in [-0.2, -0.15) is 0 Å². The van der Waals surface area contributed by atoms with Crippen molar-refractivity contribution in [3.8, 4) is 0 Å². The summed E-state index contributed by atoms with van der Waals surface area (Å²) in [6.45, 7) is 1.51. The number of carbonyl (C=O) groups is 2. The first-order valence-electron chi connectivity index (χ1n) is 5.18. The maximum atomic E-state index is 11.8. The topological polar surface area (TPSA) is 110 Å². The number of amides is 1. The van der Waals surface area contributed by atoms with E-state index in [0.717, 1.165) is 0 Å². The fourth-order valence-corrected chi connectivity index (χ4v) is 1.44. The first-order valence-corrected chi connectivity index (χ1v) is 5.18. The summed E-state index contributed by atoms with van der Waals surface area (Å²) in [5, 5.41) is 21.7. The highest BCUT2D eigenvalue weighted by molar-refractivity contribution is 5.98. The van der Waals surface area contributed by atoms with Gasteiger partial charge in [0.1, 0.15) is 5.56 Å². The molecule has 0 fully saturated rings. The average molecular weight is 252 g/mol. The van der Waals surface area contributed by atoms with Crippen LogP contribution in [-0.4, -0.2) is 27.9 Å². The highest BCUT2D eigenvalue weighted by atomic mass is 16.6. The predicted octanol–water partition coefficient (Wildman–Crippen LogP) is 1.19. The molecule has 0 saturated heterocycles. The minimum atomic E-state index is -1.05. The summed E-state index contributed by atoms with van der Waals surface area (Å²) in [4.78, 5) is 32.3. The fourth-order valence-electron chi connectivity index (χ4n) is 1.44. The molecule has 0 aromatic heterocycles. The fraction of sp³-hybridized carbons (Fsp3) is 0.273. The molecule has 7 heteroatoms. The number of nitro groups is 1. The van der Waals surface area contributed by atoms with Crippen molar-refractivity contribution >= 4 is 17.6 Å². The summed E-state index contributed by atoms with van der Waals surface area (Å²) in [7, 11) is 0. The summed E-state index contributed by atoms with van der Waals surface area (Å²) in [5.41, 5.74) is -0.391. The molecule has 0 spiro atoms. The Labute approximate surface area is 103 Å². The summed E-state index contributed by atoms with van der Waals surface area (Å²) >= 11 is 0. The summed E-state index contributed by atoms with van der Waals surface area (Å²) in [5.74, 6) is -1.71. The Balaban J connectivity index is 2.84. The van der Waals surface area contributed by atoms with Crippen molar-refractivity contribution < 1.29 is 19.6 Å². The molecule has 0 saturated carbocycles. The van der Waals surface area contributed by atoms with Gasteiger partial charge in [0, 0.05) is 12.1 Å². The maximum absolute atomic E-state index is 11.8. The van der Waals surface area contributed by atoms with E-state index in [0.29, 0.717) is 0 Å². The first kappa shape index (κ1) is 13.6. The number of hydrogen-bond donors (Lipinski definition) is 2. The Morgan fingerprint density at radius 3 is 2.61 bits per heavy atom. The summed E-state index contributed by atoms with van der Waals surface area (Å²) < 4.78 is 0. The lowest BCUT2D eigenvalue weighted by atomic mass is 10.1. The lowest BCUT2D eigenvalue weighted by molar-refractivity contribution is -0.385. The SMILES string of the molecule is CC(CC(=O)O)NC(=O)c1ccccc1[N+](=O)[O-]. The third-order valence-electron chi connectivity index (χ3n) is 2.20. The molecular formula is C11H12N2O5. The standard InChI is InChI=1S/C11H12N2O5/c1-7(6-10(14)15)12-11(16)8-4-2-3-5-9(8)13(17)18/h2-5,7H,6H2,1H3,(H,12,16)(H,14,15). The highest BCUT2D eigenvalue weighted by Crippen LogP contribution is 2.17. The van der Waals surface area contributed by atoms with E-state index >= 15 is 0 Å². The second-order valence-electron chi connectivity index (χ2n) is 3.75. The molecule has 0 heterocycles. The molecule has 7 nitrogen and oxygen atoms in total. The minimum absolute atomic E-state index is 0.0836. The predicted molar refractivity (Wildman–Crippen MR) is 62.3 cm³/mol. The van der Waals surface area contributed by atoms with Gasteiger partial charge in [-0.3, -0.25) is 19.7 Å². The molecule has 1 rings (SSSR count). The van der Waals surface area contributed by atoms with Gasteiger partial charge in [-0.15, -0.1) is 0 Å². The van der Waals surface area contributed by atoms with Crippen LogP contribution in [0.4, 0.5) is 5.69 Å². The highest BCUT2D eigenvalue weighted by Gasteiger charge is 2.20. The van der Waals surface area contributed by atoms with Crippen LogP contribution < -0.4 is 5.32 Å². The number of rotatable bonds is 5. The van der Waals surface area contributed by atoms with Crippen LogP contribution in [0.5, 0.6) is 0 Å². The monoisotopic (exact) mass is 252 g/mol. The van der Waals surface area contributed by atoms with E-state index in [9.17, 15) is 19.7 Å². The van der Waals surface area contributed by atoms with Gasteiger partial charge in [-0.25, -0.2) is 0 Å². The van der Waals surface area contributed by atoms with Gasteiger partial charge < -0.3 is 10.4 Å². The van der Waals surface area contributed by atoms with E-state index in [2.05, 4.69) is 5.32 Å². The molecule has 0 bridgehead atoms. The largest absolute Gasteiger partial charge is 0.481 e. The molecule has 1 amide bonds. The number of nitrogens with one attached hydrogen (secondary N) is 1. The molecule has 1 aromatic carbocycles. The van der Waals surface area contributed by atoms with Crippen LogP contribution in [-0.2, 0) is 4.79 Å². The normalized spacial score (nSPS) is 11.6. The van der Waals surface area contributed by atoms with Gasteiger partial charge in [0.05, 0.1) is 11.3 Å². The second kappa shape index (κ2) is 5.76. The van der Waals surface area contributed by atoms with E-state index in [4.69, 9.17) is 5.11 Å². The van der Waals surface area contributed by atoms with Crippen molar-refractivity contribution in [1.29, 1.82) is 0 Å². The number of nitro benzene ring substituents is 1. The molecule has 96 valence electrons. The zero-order chi connectivity index (χ0) is 13.7. The molecule has 0 aliphatic rings. The quantitative estimate of drug-likeness (QED) is 0.604. The number of para-hydroxylation sites is 1. The van der Waals surface area contributed by atoms with Crippen LogP contribution in [0.15, 0.2) is 24.3 Å². The smallest absolute Gasteiger partial charge is 0.305 e. The molecule has 1 unspecified atom stereocenters. The number of carboxylic acids is 1. The van der Waals surface area contributed by atoms with Crippen molar-refractivity contribution in [2.45, 2.75) is 19.4 Å². The van der Waals surface area contributed by atoms with Crippen molar-refractivity contribution in [1.82, 2.24) is 5.32 Å². The van der Waals surface area contributed by atoms with E-state index < -0.39 is 22.8 Å². The van der Waals surface area contributed by atoms with Crippen molar-refractivity contribution in [3.05, 3.63) is 39.9 Å².